The molecule has 0 bridgehead atoms. The van der Waals surface area contributed by atoms with Gasteiger partial charge in [0, 0.05) is 19.3 Å². The smallest absolute Gasteiger partial charge is 0.326 e. The second-order valence-electron chi connectivity index (χ2n) is 11.6. The Kier molecular flexibility index (Phi) is 14.9. The van der Waals surface area contributed by atoms with Crippen molar-refractivity contribution in [3.63, 3.8) is 0 Å². The van der Waals surface area contributed by atoms with Crippen molar-refractivity contribution in [2.45, 2.75) is 95.4 Å². The number of aliphatic carboxylic acids is 3. The maximum atomic E-state index is 13.5. The predicted octanol–water partition coefficient (Wildman–Crippen LogP) is -0.514. The summed E-state index contributed by atoms with van der Waals surface area (Å²) in [5.74, 6) is -7.24. The van der Waals surface area contributed by atoms with Crippen LogP contribution in [0, 0.1) is 5.92 Å². The molecule has 254 valence electrons. The van der Waals surface area contributed by atoms with Gasteiger partial charge in [-0.2, -0.15) is 0 Å². The van der Waals surface area contributed by atoms with Gasteiger partial charge in [0.1, 0.15) is 29.9 Å². The lowest BCUT2D eigenvalue weighted by Crippen LogP contribution is -2.59. The molecule has 0 saturated carbocycles. The average molecular weight is 650 g/mol. The highest BCUT2D eigenvalue weighted by molar-refractivity contribution is 5.96. The van der Waals surface area contributed by atoms with Crippen LogP contribution in [-0.2, 0) is 40.0 Å². The lowest BCUT2D eigenvalue weighted by molar-refractivity contribution is -0.143. The Morgan fingerprint density at radius 2 is 1.26 bits per heavy atom. The van der Waals surface area contributed by atoms with Gasteiger partial charge in [-0.25, -0.2) is 4.79 Å². The molecule has 4 amide bonds. The fourth-order valence-corrected chi connectivity index (χ4v) is 4.84. The van der Waals surface area contributed by atoms with Gasteiger partial charge in [-0.1, -0.05) is 26.0 Å². The van der Waals surface area contributed by atoms with Gasteiger partial charge in [0.2, 0.25) is 23.6 Å². The number of phenolic OH excluding ortho intramolecular Hbond substituents is 1. The van der Waals surface area contributed by atoms with E-state index in [1.54, 1.807) is 13.8 Å². The first-order valence-corrected chi connectivity index (χ1v) is 15.0. The predicted molar refractivity (Wildman–Crippen MR) is 161 cm³/mol. The van der Waals surface area contributed by atoms with E-state index in [-0.39, 0.29) is 30.9 Å². The number of hydrogen-bond acceptors (Lipinski definition) is 9. The molecular weight excluding hydrogens is 606 g/mol. The van der Waals surface area contributed by atoms with Gasteiger partial charge in [0.15, 0.2) is 0 Å². The molecule has 0 aliphatic carbocycles. The molecule has 0 radical (unpaired) electrons. The molecule has 1 aliphatic heterocycles. The van der Waals surface area contributed by atoms with Crippen molar-refractivity contribution >= 4 is 41.5 Å². The summed E-state index contributed by atoms with van der Waals surface area (Å²) in [6.07, 6.45) is -0.618. The second kappa shape index (κ2) is 18.3. The van der Waals surface area contributed by atoms with Crippen molar-refractivity contribution in [1.82, 2.24) is 26.6 Å². The van der Waals surface area contributed by atoms with E-state index in [4.69, 9.17) is 5.11 Å². The molecule has 46 heavy (non-hydrogen) atoms. The summed E-state index contributed by atoms with van der Waals surface area (Å²) in [6, 6.07) is -0.454. The molecule has 5 atom stereocenters. The van der Waals surface area contributed by atoms with Crippen LogP contribution >= 0.6 is 0 Å². The molecule has 1 aromatic rings. The summed E-state index contributed by atoms with van der Waals surface area (Å²) in [7, 11) is 0. The monoisotopic (exact) mass is 649 g/mol. The van der Waals surface area contributed by atoms with Crippen LogP contribution in [0.1, 0.15) is 64.4 Å². The summed E-state index contributed by atoms with van der Waals surface area (Å²) in [6.45, 7) is 4.12. The first-order chi connectivity index (χ1) is 21.7. The summed E-state index contributed by atoms with van der Waals surface area (Å²) < 4.78 is 0. The minimum absolute atomic E-state index is 0.0543. The van der Waals surface area contributed by atoms with Crippen LogP contribution in [0.25, 0.3) is 0 Å². The average Bonchev–Trinajstić information content (AvgIpc) is 3.52. The molecule has 0 aromatic heterocycles. The van der Waals surface area contributed by atoms with E-state index in [9.17, 15) is 48.9 Å². The zero-order valence-electron chi connectivity index (χ0n) is 25.8. The summed E-state index contributed by atoms with van der Waals surface area (Å²) >= 11 is 0. The molecule has 16 heteroatoms. The van der Waals surface area contributed by atoms with Crippen LogP contribution in [0.15, 0.2) is 24.3 Å². The van der Waals surface area contributed by atoms with Crippen LogP contribution in [-0.4, -0.2) is 98.7 Å². The fourth-order valence-electron chi connectivity index (χ4n) is 4.84. The minimum Gasteiger partial charge on any atom is -0.508 e. The van der Waals surface area contributed by atoms with E-state index in [1.807, 2.05) is 0 Å². The Balaban J connectivity index is 2.31. The van der Waals surface area contributed by atoms with Crippen molar-refractivity contribution in [3.8, 4) is 5.75 Å². The zero-order valence-corrected chi connectivity index (χ0v) is 25.8. The molecule has 0 spiro atoms. The standard InChI is InChI=1S/C30H43N5O11/c1-16(2)14-23(30(45)46)35-29(44)22(15-17-5-7-18(36)8-6-17)34-28(43)21(10-12-25(39)40)33-27(42)20(9-11-24(37)38)32-26(41)19-4-3-13-31-19/h5-8,16,19-23,31,36H,3-4,9-15H2,1-2H3,(H,32,41)(H,33,42)(H,34,43)(H,35,44)(H,37,38)(H,39,40)(H,45,46)/t19-,20?,21?,22?,23?/m0/s1. The number of carboxylic acid groups (broad SMARTS) is 3. The fraction of sp³-hybridized carbons (Fsp3) is 0.567. The molecular formula is C30H43N5O11. The first-order valence-electron chi connectivity index (χ1n) is 15.0. The molecule has 1 fully saturated rings. The number of benzene rings is 1. The van der Waals surface area contributed by atoms with E-state index in [0.29, 0.717) is 18.5 Å². The van der Waals surface area contributed by atoms with Gasteiger partial charge in [-0.15, -0.1) is 0 Å². The lowest BCUT2D eigenvalue weighted by atomic mass is 10.0. The number of nitrogens with one attached hydrogen (secondary N) is 5. The highest BCUT2D eigenvalue weighted by Gasteiger charge is 2.33. The van der Waals surface area contributed by atoms with Crippen LogP contribution in [0.2, 0.25) is 0 Å². The molecule has 16 nitrogen and oxygen atoms in total. The van der Waals surface area contributed by atoms with Crippen molar-refractivity contribution in [3.05, 3.63) is 29.8 Å². The maximum Gasteiger partial charge on any atom is 0.326 e. The quantitative estimate of drug-likeness (QED) is 0.0918. The molecule has 2 rings (SSSR count). The number of carbonyl (C=O) groups excluding carboxylic acids is 4. The highest BCUT2D eigenvalue weighted by Crippen LogP contribution is 2.13. The van der Waals surface area contributed by atoms with Gasteiger partial charge in [0.05, 0.1) is 6.04 Å². The van der Waals surface area contributed by atoms with E-state index in [2.05, 4.69) is 26.6 Å². The molecule has 1 heterocycles. The Morgan fingerprint density at radius 1 is 0.761 bits per heavy atom. The summed E-state index contributed by atoms with van der Waals surface area (Å²) in [5.41, 5.74) is 0.483. The number of rotatable bonds is 19. The largest absolute Gasteiger partial charge is 0.508 e. The van der Waals surface area contributed by atoms with Gasteiger partial charge < -0.3 is 47.0 Å². The molecule has 4 unspecified atom stereocenters. The molecule has 1 saturated heterocycles. The number of aromatic hydroxyl groups is 1. The SMILES string of the molecule is CC(C)CC(NC(=O)C(Cc1ccc(O)cc1)NC(=O)C(CCC(=O)O)NC(=O)C(CCC(=O)O)NC(=O)[C@@H]1CCCN1)C(=O)O. The minimum atomic E-state index is -1.53. The molecule has 9 N–H and O–H groups in total. The Morgan fingerprint density at radius 3 is 1.74 bits per heavy atom. The number of phenols is 1. The van der Waals surface area contributed by atoms with E-state index in [0.717, 1.165) is 6.42 Å². The topological polar surface area (TPSA) is 261 Å². The Hall–Kier alpha value is -4.73. The van der Waals surface area contributed by atoms with Crippen LogP contribution in [0.4, 0.5) is 0 Å². The number of hydrogen-bond donors (Lipinski definition) is 9. The third kappa shape index (κ3) is 13.1. The third-order valence-electron chi connectivity index (χ3n) is 7.27. The highest BCUT2D eigenvalue weighted by atomic mass is 16.4. The maximum absolute atomic E-state index is 13.5. The van der Waals surface area contributed by atoms with Crippen LogP contribution in [0.5, 0.6) is 5.75 Å². The van der Waals surface area contributed by atoms with Crippen molar-refractivity contribution in [2.75, 3.05) is 6.54 Å². The first kappa shape index (κ1) is 37.5. The van der Waals surface area contributed by atoms with E-state index >= 15 is 0 Å². The van der Waals surface area contributed by atoms with Crippen molar-refractivity contribution in [1.29, 1.82) is 0 Å². The summed E-state index contributed by atoms with van der Waals surface area (Å²) in [4.78, 5) is 87.3. The Bertz CT molecular complexity index is 1250. The normalized spacial score (nSPS) is 16.8. The molecule has 1 aromatic carbocycles. The number of amides is 4. The van der Waals surface area contributed by atoms with E-state index in [1.165, 1.54) is 24.3 Å². The Labute approximate surface area is 265 Å². The third-order valence-corrected chi connectivity index (χ3v) is 7.27. The van der Waals surface area contributed by atoms with Gasteiger partial charge in [-0.05, 0) is 62.3 Å². The number of carbonyl (C=O) groups is 7. The molecule has 1 aliphatic rings. The van der Waals surface area contributed by atoms with Gasteiger partial charge in [0.25, 0.3) is 0 Å². The van der Waals surface area contributed by atoms with E-state index < -0.39 is 91.0 Å². The zero-order chi connectivity index (χ0) is 34.4. The van der Waals surface area contributed by atoms with Crippen LogP contribution in [0.3, 0.4) is 0 Å². The van der Waals surface area contributed by atoms with Crippen molar-refractivity contribution in [2.24, 2.45) is 5.92 Å². The van der Waals surface area contributed by atoms with Crippen molar-refractivity contribution < 1.29 is 54.0 Å². The lowest BCUT2D eigenvalue weighted by Gasteiger charge is -2.26. The summed E-state index contributed by atoms with van der Waals surface area (Å²) in [5, 5.41) is 50.4. The van der Waals surface area contributed by atoms with Crippen LogP contribution < -0.4 is 26.6 Å². The number of carboxylic acids is 3. The van der Waals surface area contributed by atoms with Gasteiger partial charge >= 0.3 is 17.9 Å². The van der Waals surface area contributed by atoms with Gasteiger partial charge in [-0.3, -0.25) is 28.8 Å². The second-order valence-corrected chi connectivity index (χ2v) is 11.6.